The zero-order valence-corrected chi connectivity index (χ0v) is 16.2. The Hall–Kier alpha value is -2.27. The van der Waals surface area contributed by atoms with E-state index in [-0.39, 0.29) is 5.91 Å². The van der Waals surface area contributed by atoms with Crippen LogP contribution in [-0.2, 0) is 6.61 Å². The molecule has 0 bridgehead atoms. The number of hydrogen-bond donors (Lipinski definition) is 1. The summed E-state index contributed by atoms with van der Waals surface area (Å²) in [5, 5.41) is 2.86. The Morgan fingerprint density at radius 3 is 2.58 bits per heavy atom. The number of benzene rings is 1. The molecule has 26 heavy (non-hydrogen) atoms. The summed E-state index contributed by atoms with van der Waals surface area (Å²) in [5.74, 6) is 2.11. The normalized spacial score (nSPS) is 12.2. The van der Waals surface area contributed by atoms with Crippen molar-refractivity contribution in [3.05, 3.63) is 53.5 Å². The molecule has 1 heterocycles. The maximum absolute atomic E-state index is 12.0. The Morgan fingerprint density at radius 2 is 1.92 bits per heavy atom. The van der Waals surface area contributed by atoms with Gasteiger partial charge in [-0.1, -0.05) is 26.0 Å². The van der Waals surface area contributed by atoms with E-state index in [4.69, 9.17) is 9.15 Å². The van der Waals surface area contributed by atoms with E-state index in [1.807, 2.05) is 26.2 Å². The van der Waals surface area contributed by atoms with Crippen molar-refractivity contribution in [2.45, 2.75) is 39.2 Å². The maximum atomic E-state index is 12.0. The van der Waals surface area contributed by atoms with Crippen molar-refractivity contribution in [2.24, 2.45) is 0 Å². The minimum Gasteiger partial charge on any atom is -0.486 e. The van der Waals surface area contributed by atoms with Crippen LogP contribution in [0.25, 0.3) is 0 Å². The van der Waals surface area contributed by atoms with Gasteiger partial charge in [0, 0.05) is 6.54 Å². The van der Waals surface area contributed by atoms with Crippen LogP contribution in [0.15, 0.2) is 40.8 Å². The average Bonchev–Trinajstić information content (AvgIpc) is 3.12. The fourth-order valence-electron chi connectivity index (χ4n) is 2.54. The van der Waals surface area contributed by atoms with E-state index in [2.05, 4.69) is 36.2 Å². The Balaban J connectivity index is 1.79. The quantitative estimate of drug-likeness (QED) is 0.651. The van der Waals surface area contributed by atoms with E-state index in [1.165, 1.54) is 5.56 Å². The van der Waals surface area contributed by atoms with Crippen molar-refractivity contribution in [1.82, 2.24) is 10.2 Å². The summed E-state index contributed by atoms with van der Waals surface area (Å²) in [7, 11) is 4.02. The number of rotatable bonds is 10. The molecule has 0 aliphatic rings. The molecule has 0 fully saturated rings. The molecule has 1 atom stereocenters. The minimum absolute atomic E-state index is 0.187. The SMILES string of the molecule is CCC(C)c1ccc(OCc2ccc(C(=O)NCCCN(C)C)o2)cc1. The Morgan fingerprint density at radius 1 is 1.19 bits per heavy atom. The van der Waals surface area contributed by atoms with Gasteiger partial charge in [-0.05, 0) is 69.2 Å². The van der Waals surface area contributed by atoms with Gasteiger partial charge >= 0.3 is 0 Å². The summed E-state index contributed by atoms with van der Waals surface area (Å²) in [5.41, 5.74) is 1.31. The van der Waals surface area contributed by atoms with Gasteiger partial charge in [0.15, 0.2) is 5.76 Å². The van der Waals surface area contributed by atoms with E-state index >= 15 is 0 Å². The van der Waals surface area contributed by atoms with E-state index < -0.39 is 0 Å². The molecule has 0 saturated carbocycles. The van der Waals surface area contributed by atoms with Crippen LogP contribution in [0, 0.1) is 0 Å². The summed E-state index contributed by atoms with van der Waals surface area (Å²) in [6, 6.07) is 11.6. The van der Waals surface area contributed by atoms with Crippen molar-refractivity contribution in [1.29, 1.82) is 0 Å². The van der Waals surface area contributed by atoms with Crippen LogP contribution in [0.2, 0.25) is 0 Å². The molecule has 0 aliphatic carbocycles. The van der Waals surface area contributed by atoms with Gasteiger partial charge in [-0.15, -0.1) is 0 Å². The van der Waals surface area contributed by atoms with Crippen molar-refractivity contribution in [2.75, 3.05) is 27.2 Å². The van der Waals surface area contributed by atoms with Crippen molar-refractivity contribution < 1.29 is 13.9 Å². The average molecular weight is 358 g/mol. The van der Waals surface area contributed by atoms with Gasteiger partial charge in [-0.25, -0.2) is 0 Å². The largest absolute Gasteiger partial charge is 0.486 e. The van der Waals surface area contributed by atoms with E-state index in [9.17, 15) is 4.79 Å². The van der Waals surface area contributed by atoms with Crippen molar-refractivity contribution in [3.8, 4) is 5.75 Å². The molecule has 2 rings (SSSR count). The third-order valence-corrected chi connectivity index (χ3v) is 4.40. The fraction of sp³-hybridized carbons (Fsp3) is 0.476. The van der Waals surface area contributed by atoms with Gasteiger partial charge in [-0.3, -0.25) is 4.79 Å². The first-order chi connectivity index (χ1) is 12.5. The molecule has 0 spiro atoms. The van der Waals surface area contributed by atoms with E-state index in [0.29, 0.717) is 30.6 Å². The van der Waals surface area contributed by atoms with Crippen LogP contribution in [0.4, 0.5) is 0 Å². The number of nitrogens with zero attached hydrogens (tertiary/aromatic N) is 1. The van der Waals surface area contributed by atoms with Gasteiger partial charge in [0.05, 0.1) is 0 Å². The first-order valence-corrected chi connectivity index (χ1v) is 9.24. The highest BCUT2D eigenvalue weighted by Gasteiger charge is 2.11. The number of carbonyl (C=O) groups excluding carboxylic acids is 1. The first kappa shape index (κ1) is 20.0. The molecule has 5 nitrogen and oxygen atoms in total. The Labute approximate surface area is 156 Å². The third-order valence-electron chi connectivity index (χ3n) is 4.40. The van der Waals surface area contributed by atoms with Crippen LogP contribution in [0.3, 0.4) is 0 Å². The highest BCUT2D eigenvalue weighted by atomic mass is 16.5. The lowest BCUT2D eigenvalue weighted by molar-refractivity contribution is 0.0920. The Bertz CT molecular complexity index is 677. The molecule has 0 saturated heterocycles. The fourth-order valence-corrected chi connectivity index (χ4v) is 2.54. The lowest BCUT2D eigenvalue weighted by Gasteiger charge is -2.10. The molecule has 1 amide bonds. The van der Waals surface area contributed by atoms with E-state index in [0.717, 1.165) is 25.1 Å². The van der Waals surface area contributed by atoms with Crippen LogP contribution >= 0.6 is 0 Å². The zero-order valence-electron chi connectivity index (χ0n) is 16.2. The monoisotopic (exact) mass is 358 g/mol. The summed E-state index contributed by atoms with van der Waals surface area (Å²) in [6.07, 6.45) is 2.02. The topological polar surface area (TPSA) is 54.7 Å². The highest BCUT2D eigenvalue weighted by molar-refractivity contribution is 5.91. The molecule has 1 unspecified atom stereocenters. The molecule has 2 aromatic rings. The molecule has 142 valence electrons. The predicted octanol–water partition coefficient (Wildman–Crippen LogP) is 4.05. The van der Waals surface area contributed by atoms with Gasteiger partial charge in [-0.2, -0.15) is 0 Å². The van der Waals surface area contributed by atoms with Gasteiger partial charge in [0.1, 0.15) is 18.1 Å². The van der Waals surface area contributed by atoms with Crippen molar-refractivity contribution in [3.63, 3.8) is 0 Å². The molecule has 1 aromatic heterocycles. The maximum Gasteiger partial charge on any atom is 0.286 e. The van der Waals surface area contributed by atoms with Crippen LogP contribution in [-0.4, -0.2) is 38.0 Å². The molecular formula is C21H30N2O3. The summed E-state index contributed by atoms with van der Waals surface area (Å²) < 4.78 is 11.3. The second-order valence-corrected chi connectivity index (χ2v) is 6.85. The molecule has 1 aromatic carbocycles. The second kappa shape index (κ2) is 10.0. The number of carbonyl (C=O) groups is 1. The number of furan rings is 1. The number of amides is 1. The number of nitrogens with one attached hydrogen (secondary N) is 1. The summed E-state index contributed by atoms with van der Waals surface area (Å²) in [4.78, 5) is 14.1. The van der Waals surface area contributed by atoms with Gasteiger partial charge < -0.3 is 19.4 Å². The molecule has 0 aliphatic heterocycles. The summed E-state index contributed by atoms with van der Waals surface area (Å²) in [6.45, 7) is 6.27. The zero-order chi connectivity index (χ0) is 18.9. The Kier molecular flexibility index (Phi) is 7.73. The third kappa shape index (κ3) is 6.23. The minimum atomic E-state index is -0.187. The van der Waals surface area contributed by atoms with Gasteiger partial charge in [0.25, 0.3) is 5.91 Å². The van der Waals surface area contributed by atoms with Crippen LogP contribution in [0.1, 0.15) is 54.5 Å². The first-order valence-electron chi connectivity index (χ1n) is 9.24. The number of ether oxygens (including phenoxy) is 1. The van der Waals surface area contributed by atoms with Gasteiger partial charge in [0.2, 0.25) is 0 Å². The van der Waals surface area contributed by atoms with Crippen molar-refractivity contribution >= 4 is 5.91 Å². The number of hydrogen-bond acceptors (Lipinski definition) is 4. The molecule has 5 heteroatoms. The molecule has 0 radical (unpaired) electrons. The highest BCUT2D eigenvalue weighted by Crippen LogP contribution is 2.22. The second-order valence-electron chi connectivity index (χ2n) is 6.85. The predicted molar refractivity (Wildman–Crippen MR) is 104 cm³/mol. The van der Waals surface area contributed by atoms with Crippen LogP contribution < -0.4 is 10.1 Å². The molecule has 1 N–H and O–H groups in total. The van der Waals surface area contributed by atoms with Crippen LogP contribution in [0.5, 0.6) is 5.75 Å². The lowest BCUT2D eigenvalue weighted by atomic mass is 9.99. The smallest absolute Gasteiger partial charge is 0.286 e. The summed E-state index contributed by atoms with van der Waals surface area (Å²) >= 11 is 0. The lowest BCUT2D eigenvalue weighted by Crippen LogP contribution is -2.26. The molecular weight excluding hydrogens is 328 g/mol. The van der Waals surface area contributed by atoms with E-state index in [1.54, 1.807) is 12.1 Å². The standard InChI is InChI=1S/C21H30N2O3/c1-5-16(2)17-7-9-18(10-8-17)25-15-19-11-12-20(26-19)21(24)22-13-6-14-23(3)4/h7-12,16H,5-6,13-15H2,1-4H3,(H,22,24).